The molecule has 7 nitrogen and oxygen atoms in total. The number of benzene rings is 2. The molecule has 0 saturated carbocycles. The Morgan fingerprint density at radius 2 is 1.67 bits per heavy atom. The Kier molecular flexibility index (Phi) is 9.16. The normalized spacial score (nSPS) is 10.6. The quantitative estimate of drug-likeness (QED) is 0.344. The van der Waals surface area contributed by atoms with Gasteiger partial charge in [-0.1, -0.05) is 23.2 Å². The van der Waals surface area contributed by atoms with Gasteiger partial charge in [0.25, 0.3) is 5.91 Å². The summed E-state index contributed by atoms with van der Waals surface area (Å²) in [6.07, 6.45) is 2.81. The lowest BCUT2D eigenvalue weighted by Crippen LogP contribution is -2.41. The zero-order valence-electron chi connectivity index (χ0n) is 16.5. The van der Waals surface area contributed by atoms with E-state index in [0.717, 1.165) is 0 Å². The Hall–Kier alpha value is -2.55. The SMILES string of the molecule is COc1cc(/C=C/C(=O)NNC(=O)CSc2cc(Cl)ccc2Cl)cc(OC)c1OC. The highest BCUT2D eigenvalue weighted by Crippen LogP contribution is 2.38. The molecule has 0 saturated heterocycles. The van der Waals surface area contributed by atoms with Crippen LogP contribution in [0.3, 0.4) is 0 Å². The zero-order chi connectivity index (χ0) is 22.1. The van der Waals surface area contributed by atoms with Crippen LogP contribution in [0.15, 0.2) is 41.3 Å². The third-order valence-corrected chi connectivity index (χ3v) is 5.42. The van der Waals surface area contributed by atoms with Gasteiger partial charge in [0.1, 0.15) is 0 Å². The molecule has 0 radical (unpaired) electrons. The molecule has 0 aliphatic carbocycles. The van der Waals surface area contributed by atoms with E-state index in [0.29, 0.717) is 37.8 Å². The summed E-state index contributed by atoms with van der Waals surface area (Å²) in [6.45, 7) is 0. The maximum absolute atomic E-state index is 12.0. The van der Waals surface area contributed by atoms with E-state index in [2.05, 4.69) is 10.9 Å². The minimum absolute atomic E-state index is 0.0525. The Labute approximate surface area is 188 Å². The van der Waals surface area contributed by atoms with Gasteiger partial charge in [-0.05, 0) is 42.0 Å². The average Bonchev–Trinajstić information content (AvgIpc) is 2.75. The number of halogens is 2. The summed E-state index contributed by atoms with van der Waals surface area (Å²) < 4.78 is 15.8. The van der Waals surface area contributed by atoms with Gasteiger partial charge in [-0.3, -0.25) is 20.4 Å². The van der Waals surface area contributed by atoms with Crippen molar-refractivity contribution >= 4 is 52.9 Å². The summed E-state index contributed by atoms with van der Waals surface area (Å²) in [5.41, 5.74) is 5.29. The highest BCUT2D eigenvalue weighted by Gasteiger charge is 2.12. The molecule has 2 amide bonds. The van der Waals surface area contributed by atoms with Crippen LogP contribution in [-0.2, 0) is 9.59 Å². The minimum atomic E-state index is -0.511. The second-order valence-electron chi connectivity index (χ2n) is 5.69. The maximum atomic E-state index is 12.0. The summed E-state index contributed by atoms with van der Waals surface area (Å²) >= 11 is 13.2. The maximum Gasteiger partial charge on any atom is 0.262 e. The lowest BCUT2D eigenvalue weighted by molar-refractivity contribution is -0.125. The largest absolute Gasteiger partial charge is 0.493 e. The van der Waals surface area contributed by atoms with Gasteiger partial charge in [0.2, 0.25) is 11.7 Å². The fraction of sp³-hybridized carbons (Fsp3) is 0.200. The van der Waals surface area contributed by atoms with E-state index in [1.165, 1.54) is 39.2 Å². The minimum Gasteiger partial charge on any atom is -0.493 e. The molecule has 0 aromatic heterocycles. The van der Waals surface area contributed by atoms with Crippen molar-refractivity contribution in [1.29, 1.82) is 0 Å². The van der Waals surface area contributed by atoms with Crippen molar-refractivity contribution in [3.8, 4) is 17.2 Å². The molecule has 0 bridgehead atoms. The van der Waals surface area contributed by atoms with Gasteiger partial charge < -0.3 is 14.2 Å². The van der Waals surface area contributed by atoms with E-state index >= 15 is 0 Å². The predicted octanol–water partition coefficient (Wildman–Crippen LogP) is 3.97. The van der Waals surface area contributed by atoms with E-state index in [1.54, 1.807) is 36.4 Å². The number of rotatable bonds is 8. The first-order chi connectivity index (χ1) is 14.4. The molecule has 0 aliphatic heterocycles. The number of thioether (sulfide) groups is 1. The molecule has 0 heterocycles. The summed E-state index contributed by atoms with van der Waals surface area (Å²) in [5, 5.41) is 1.02. The zero-order valence-corrected chi connectivity index (χ0v) is 18.8. The van der Waals surface area contributed by atoms with Crippen molar-refractivity contribution in [3.63, 3.8) is 0 Å². The summed E-state index contributed by atoms with van der Waals surface area (Å²) in [5.74, 6) is 0.514. The molecule has 2 aromatic rings. The van der Waals surface area contributed by atoms with Crippen LogP contribution in [0, 0.1) is 0 Å². The molecule has 0 spiro atoms. The number of methoxy groups -OCH3 is 3. The Morgan fingerprint density at radius 1 is 1.00 bits per heavy atom. The fourth-order valence-corrected chi connectivity index (χ4v) is 3.60. The van der Waals surface area contributed by atoms with Crippen LogP contribution in [0.25, 0.3) is 6.08 Å². The smallest absolute Gasteiger partial charge is 0.262 e. The molecule has 0 atom stereocenters. The number of ether oxygens (including phenoxy) is 3. The lowest BCUT2D eigenvalue weighted by Gasteiger charge is -2.12. The van der Waals surface area contributed by atoms with Crippen molar-refractivity contribution in [3.05, 3.63) is 52.0 Å². The summed E-state index contributed by atoms with van der Waals surface area (Å²) in [6, 6.07) is 8.36. The first-order valence-electron chi connectivity index (χ1n) is 8.52. The Bertz CT molecular complexity index is 928. The van der Waals surface area contributed by atoms with Gasteiger partial charge in [-0.25, -0.2) is 0 Å². The second kappa shape index (κ2) is 11.6. The third-order valence-electron chi connectivity index (χ3n) is 3.69. The van der Waals surface area contributed by atoms with Crippen molar-refractivity contribution in [2.45, 2.75) is 4.90 Å². The Balaban J connectivity index is 1.90. The summed E-state index contributed by atoms with van der Waals surface area (Å²) in [4.78, 5) is 24.6. The molecular formula is C20H20Cl2N2O5S. The van der Waals surface area contributed by atoms with Crippen molar-refractivity contribution < 1.29 is 23.8 Å². The van der Waals surface area contributed by atoms with Gasteiger partial charge in [0, 0.05) is 16.0 Å². The lowest BCUT2D eigenvalue weighted by atomic mass is 10.1. The Morgan fingerprint density at radius 3 is 2.27 bits per heavy atom. The van der Waals surface area contributed by atoms with Crippen molar-refractivity contribution in [2.24, 2.45) is 0 Å². The van der Waals surface area contributed by atoms with Crippen molar-refractivity contribution in [2.75, 3.05) is 27.1 Å². The highest BCUT2D eigenvalue weighted by molar-refractivity contribution is 8.00. The second-order valence-corrected chi connectivity index (χ2v) is 7.55. The molecule has 30 heavy (non-hydrogen) atoms. The highest BCUT2D eigenvalue weighted by atomic mass is 35.5. The monoisotopic (exact) mass is 470 g/mol. The molecular weight excluding hydrogens is 451 g/mol. The number of carbonyl (C=O) groups excluding carboxylic acids is 2. The van der Waals surface area contributed by atoms with Gasteiger partial charge in [0.05, 0.1) is 32.1 Å². The molecule has 10 heteroatoms. The van der Waals surface area contributed by atoms with Crippen LogP contribution in [0.5, 0.6) is 17.2 Å². The van der Waals surface area contributed by atoms with Gasteiger partial charge in [0.15, 0.2) is 11.5 Å². The molecule has 160 valence electrons. The van der Waals surface area contributed by atoms with Crippen LogP contribution in [0.1, 0.15) is 5.56 Å². The van der Waals surface area contributed by atoms with Crippen LogP contribution >= 0.6 is 35.0 Å². The van der Waals surface area contributed by atoms with E-state index in [1.807, 2.05) is 0 Å². The van der Waals surface area contributed by atoms with Crippen LogP contribution in [-0.4, -0.2) is 38.9 Å². The molecule has 2 rings (SSSR count). The van der Waals surface area contributed by atoms with E-state index in [9.17, 15) is 9.59 Å². The van der Waals surface area contributed by atoms with Gasteiger partial charge in [-0.15, -0.1) is 11.8 Å². The molecule has 2 aromatic carbocycles. The van der Waals surface area contributed by atoms with Crippen LogP contribution < -0.4 is 25.1 Å². The van der Waals surface area contributed by atoms with E-state index < -0.39 is 11.8 Å². The topological polar surface area (TPSA) is 85.9 Å². The van der Waals surface area contributed by atoms with Crippen LogP contribution in [0.2, 0.25) is 10.0 Å². The average molecular weight is 471 g/mol. The molecule has 0 unspecified atom stereocenters. The number of hydrogen-bond donors (Lipinski definition) is 2. The number of carbonyl (C=O) groups is 2. The van der Waals surface area contributed by atoms with Gasteiger partial charge >= 0.3 is 0 Å². The standard InChI is InChI=1S/C20H20Cl2N2O5S/c1-27-15-8-12(9-16(28-2)20(15)29-3)4-7-18(25)23-24-19(26)11-30-17-10-13(21)5-6-14(17)22/h4-10H,11H2,1-3H3,(H,23,25)(H,24,26)/b7-4+. The number of nitrogens with one attached hydrogen (secondary N) is 2. The number of amides is 2. The first kappa shape index (κ1) is 23.7. The van der Waals surface area contributed by atoms with Crippen LogP contribution in [0.4, 0.5) is 0 Å². The van der Waals surface area contributed by atoms with E-state index in [-0.39, 0.29) is 5.75 Å². The first-order valence-corrected chi connectivity index (χ1v) is 10.3. The summed E-state index contributed by atoms with van der Waals surface area (Å²) in [7, 11) is 4.51. The molecule has 2 N–H and O–H groups in total. The molecule has 0 aliphatic rings. The third kappa shape index (κ3) is 6.76. The molecule has 0 fully saturated rings. The fourth-order valence-electron chi connectivity index (χ4n) is 2.31. The predicted molar refractivity (Wildman–Crippen MR) is 119 cm³/mol. The van der Waals surface area contributed by atoms with Crippen molar-refractivity contribution in [1.82, 2.24) is 10.9 Å². The van der Waals surface area contributed by atoms with E-state index in [4.69, 9.17) is 37.4 Å². The number of hydrogen-bond acceptors (Lipinski definition) is 6. The van der Waals surface area contributed by atoms with Gasteiger partial charge in [-0.2, -0.15) is 0 Å². The number of hydrazine groups is 1.